The molecule has 2 N–H and O–H groups in total. The van der Waals surface area contributed by atoms with Gasteiger partial charge in [0.05, 0.1) is 13.5 Å². The van der Waals surface area contributed by atoms with Gasteiger partial charge in [-0.25, -0.2) is 0 Å². The molecule has 3 aromatic carbocycles. The first kappa shape index (κ1) is 24.7. The lowest BCUT2D eigenvalue weighted by atomic mass is 9.85. The summed E-state index contributed by atoms with van der Waals surface area (Å²) in [7, 11) is 1.58. The van der Waals surface area contributed by atoms with E-state index < -0.39 is 5.54 Å². The summed E-state index contributed by atoms with van der Waals surface area (Å²) in [5, 5.41) is 6.71. The van der Waals surface area contributed by atoms with Gasteiger partial charge in [0.2, 0.25) is 5.91 Å². The molecule has 8 heteroatoms. The molecule has 1 fully saturated rings. The monoisotopic (exact) mass is 507 g/mol. The van der Waals surface area contributed by atoms with Crippen LogP contribution >= 0.6 is 23.8 Å². The Kier molecular flexibility index (Phi) is 7.68. The molecular weight excluding hydrogens is 482 g/mol. The molecule has 0 saturated carbocycles. The van der Waals surface area contributed by atoms with E-state index >= 15 is 0 Å². The van der Waals surface area contributed by atoms with E-state index in [4.69, 9.17) is 28.6 Å². The number of benzene rings is 3. The number of thiocarbonyl (C=S) groups is 1. The Morgan fingerprint density at radius 1 is 1.03 bits per heavy atom. The lowest BCUT2D eigenvalue weighted by Crippen LogP contribution is -2.54. The molecule has 180 valence electrons. The van der Waals surface area contributed by atoms with Crippen LogP contribution in [0.5, 0.6) is 5.75 Å². The second-order valence-corrected chi connectivity index (χ2v) is 9.26. The number of ether oxygens (including phenoxy) is 1. The van der Waals surface area contributed by atoms with E-state index in [0.717, 1.165) is 11.1 Å². The van der Waals surface area contributed by atoms with Gasteiger partial charge in [-0.05, 0) is 66.2 Å². The summed E-state index contributed by atoms with van der Waals surface area (Å²) in [6.45, 7) is 0.474. The molecule has 1 heterocycles. The third-order valence-corrected chi connectivity index (χ3v) is 6.68. The van der Waals surface area contributed by atoms with Crippen molar-refractivity contribution in [3.63, 3.8) is 0 Å². The third kappa shape index (κ3) is 5.81. The fourth-order valence-electron chi connectivity index (χ4n) is 4.30. The van der Waals surface area contributed by atoms with E-state index in [0.29, 0.717) is 41.0 Å². The van der Waals surface area contributed by atoms with Crippen LogP contribution < -0.4 is 15.4 Å². The van der Waals surface area contributed by atoms with Crippen LogP contribution in [0, 0.1) is 0 Å². The Morgan fingerprint density at radius 3 is 2.37 bits per heavy atom. The van der Waals surface area contributed by atoms with E-state index in [2.05, 4.69) is 10.6 Å². The number of nitrogens with zero attached hydrogens (tertiary/aromatic N) is 1. The van der Waals surface area contributed by atoms with Crippen molar-refractivity contribution in [2.75, 3.05) is 19.0 Å². The van der Waals surface area contributed by atoms with Crippen molar-refractivity contribution in [3.05, 3.63) is 95.0 Å². The van der Waals surface area contributed by atoms with Crippen LogP contribution in [0.2, 0.25) is 5.02 Å². The molecule has 6 nitrogen and oxygen atoms in total. The number of carbonyl (C=O) groups excluding carboxylic acids is 2. The zero-order chi connectivity index (χ0) is 24.8. The van der Waals surface area contributed by atoms with Gasteiger partial charge in [0.25, 0.3) is 5.91 Å². The maximum atomic E-state index is 13.4. The molecule has 0 aliphatic carbocycles. The standard InChI is InChI=1S/C27H26ClN3O3S/c1-34-23-13-11-22(12-14-23)29-24(32)18-27(17-20-5-3-2-4-6-20)25(33)30-26(35)31(27)16-15-19-7-9-21(28)10-8-19/h2-14H,15-18H2,1H3,(H,29,32)(H,30,33,35). The minimum absolute atomic E-state index is 0.0550. The number of nitrogens with one attached hydrogen (secondary N) is 2. The number of hydrogen-bond acceptors (Lipinski definition) is 4. The summed E-state index contributed by atoms with van der Waals surface area (Å²) in [6.07, 6.45) is 0.930. The number of carbonyl (C=O) groups is 2. The summed E-state index contributed by atoms with van der Waals surface area (Å²) in [4.78, 5) is 28.5. The van der Waals surface area contributed by atoms with Gasteiger partial charge in [-0.1, -0.05) is 54.1 Å². The fraction of sp³-hybridized carbons (Fsp3) is 0.222. The molecule has 2 amide bonds. The molecule has 0 radical (unpaired) electrons. The van der Waals surface area contributed by atoms with E-state index in [-0.39, 0.29) is 18.2 Å². The Hall–Kier alpha value is -3.42. The lowest BCUT2D eigenvalue weighted by molar-refractivity contribution is -0.131. The summed E-state index contributed by atoms with van der Waals surface area (Å²) in [6, 6.07) is 24.3. The highest BCUT2D eigenvalue weighted by atomic mass is 35.5. The molecule has 0 bridgehead atoms. The van der Waals surface area contributed by atoms with E-state index in [1.165, 1.54) is 0 Å². The third-order valence-electron chi connectivity index (χ3n) is 6.11. The number of methoxy groups -OCH3 is 1. The topological polar surface area (TPSA) is 70.7 Å². The van der Waals surface area contributed by atoms with Crippen LogP contribution in [0.25, 0.3) is 0 Å². The first-order valence-electron chi connectivity index (χ1n) is 11.2. The summed E-state index contributed by atoms with van der Waals surface area (Å²) in [5.74, 6) is 0.146. The van der Waals surface area contributed by atoms with Crippen LogP contribution in [-0.4, -0.2) is 41.0 Å². The maximum absolute atomic E-state index is 13.4. The van der Waals surface area contributed by atoms with Gasteiger partial charge in [-0.15, -0.1) is 0 Å². The minimum atomic E-state index is -1.15. The zero-order valence-corrected chi connectivity index (χ0v) is 20.9. The minimum Gasteiger partial charge on any atom is -0.497 e. The quantitative estimate of drug-likeness (QED) is 0.414. The predicted octanol–water partition coefficient (Wildman–Crippen LogP) is 4.62. The molecule has 0 spiro atoms. The SMILES string of the molecule is COc1ccc(NC(=O)CC2(Cc3ccccc3)C(=O)NC(=S)N2CCc2ccc(Cl)cc2)cc1. The number of amides is 2. The lowest BCUT2D eigenvalue weighted by Gasteiger charge is -2.36. The van der Waals surface area contributed by atoms with Crippen LogP contribution in [0.1, 0.15) is 17.5 Å². The van der Waals surface area contributed by atoms with E-state index in [9.17, 15) is 9.59 Å². The van der Waals surface area contributed by atoms with Gasteiger partial charge in [0.15, 0.2) is 5.11 Å². The van der Waals surface area contributed by atoms with Gasteiger partial charge in [-0.3, -0.25) is 9.59 Å². The first-order valence-corrected chi connectivity index (χ1v) is 12.0. The largest absolute Gasteiger partial charge is 0.497 e. The highest BCUT2D eigenvalue weighted by molar-refractivity contribution is 7.80. The Bertz CT molecular complexity index is 1200. The first-order chi connectivity index (χ1) is 16.9. The molecule has 1 atom stereocenters. The number of hydrogen-bond donors (Lipinski definition) is 2. The Balaban J connectivity index is 1.60. The molecule has 1 unspecified atom stereocenters. The number of anilines is 1. The van der Waals surface area contributed by atoms with Crippen molar-refractivity contribution < 1.29 is 14.3 Å². The molecule has 1 saturated heterocycles. The molecule has 0 aromatic heterocycles. The van der Waals surface area contributed by atoms with Crippen LogP contribution in [-0.2, 0) is 22.4 Å². The van der Waals surface area contributed by atoms with Crippen molar-refractivity contribution in [2.45, 2.75) is 24.8 Å². The number of halogens is 1. The van der Waals surface area contributed by atoms with Crippen molar-refractivity contribution in [3.8, 4) is 5.75 Å². The molecule has 1 aliphatic heterocycles. The normalized spacial score (nSPS) is 17.3. The molecule has 1 aliphatic rings. The smallest absolute Gasteiger partial charge is 0.252 e. The summed E-state index contributed by atoms with van der Waals surface area (Å²) < 4.78 is 5.18. The average Bonchev–Trinajstić information content (AvgIpc) is 3.07. The van der Waals surface area contributed by atoms with Crippen molar-refractivity contribution in [2.24, 2.45) is 0 Å². The maximum Gasteiger partial charge on any atom is 0.252 e. The molecule has 35 heavy (non-hydrogen) atoms. The predicted molar refractivity (Wildman–Crippen MR) is 142 cm³/mol. The van der Waals surface area contributed by atoms with Gasteiger partial charge in [0.1, 0.15) is 11.3 Å². The Morgan fingerprint density at radius 2 is 1.71 bits per heavy atom. The van der Waals surface area contributed by atoms with E-state index in [1.807, 2.05) is 59.5 Å². The highest BCUT2D eigenvalue weighted by Gasteiger charge is 2.52. The summed E-state index contributed by atoms with van der Waals surface area (Å²) in [5.41, 5.74) is 1.48. The van der Waals surface area contributed by atoms with Crippen molar-refractivity contribution in [1.82, 2.24) is 10.2 Å². The molecule has 3 aromatic rings. The zero-order valence-electron chi connectivity index (χ0n) is 19.3. The van der Waals surface area contributed by atoms with Crippen LogP contribution in [0.3, 0.4) is 0 Å². The van der Waals surface area contributed by atoms with Crippen LogP contribution in [0.4, 0.5) is 5.69 Å². The van der Waals surface area contributed by atoms with Crippen molar-refractivity contribution in [1.29, 1.82) is 0 Å². The van der Waals surface area contributed by atoms with Gasteiger partial charge in [-0.2, -0.15) is 0 Å². The fourth-order valence-corrected chi connectivity index (χ4v) is 4.78. The molecular formula is C27H26ClN3O3S. The van der Waals surface area contributed by atoms with Gasteiger partial charge in [0, 0.05) is 23.7 Å². The summed E-state index contributed by atoms with van der Waals surface area (Å²) >= 11 is 11.6. The van der Waals surface area contributed by atoms with Gasteiger partial charge >= 0.3 is 0 Å². The van der Waals surface area contributed by atoms with Gasteiger partial charge < -0.3 is 20.3 Å². The average molecular weight is 508 g/mol. The van der Waals surface area contributed by atoms with Crippen LogP contribution in [0.15, 0.2) is 78.9 Å². The molecule has 4 rings (SSSR count). The van der Waals surface area contributed by atoms with Crippen molar-refractivity contribution >= 4 is 46.4 Å². The van der Waals surface area contributed by atoms with E-state index in [1.54, 1.807) is 31.4 Å². The second kappa shape index (κ2) is 10.9. The Labute approximate surface area is 215 Å². The number of rotatable bonds is 9. The second-order valence-electron chi connectivity index (χ2n) is 8.43. The highest BCUT2D eigenvalue weighted by Crippen LogP contribution is 2.31.